The van der Waals surface area contributed by atoms with Gasteiger partial charge in [0.05, 0.1) is 0 Å². The minimum atomic E-state index is -0.408. The van der Waals surface area contributed by atoms with E-state index in [9.17, 15) is 14.7 Å². The van der Waals surface area contributed by atoms with Gasteiger partial charge in [-0.05, 0) is 35.9 Å². The number of hydrogen-bond acceptors (Lipinski definition) is 4. The first-order valence-electron chi connectivity index (χ1n) is 6.80. The molecule has 0 atom stereocenters. The molecule has 118 valence electrons. The van der Waals surface area contributed by atoms with Crippen LogP contribution in [0.1, 0.15) is 15.9 Å². The molecule has 0 aromatic heterocycles. The summed E-state index contributed by atoms with van der Waals surface area (Å²) < 4.78 is 2.58. The van der Waals surface area contributed by atoms with Gasteiger partial charge in [0.1, 0.15) is 11.4 Å². The monoisotopic (exact) mass is 328 g/mol. The zero-order chi connectivity index (χ0) is 16.7. The number of phenols is 1. The summed E-state index contributed by atoms with van der Waals surface area (Å²) in [5.74, 6) is -0.646. The fraction of sp³-hybridized carbons (Fsp3) is 0.0588. The van der Waals surface area contributed by atoms with Crippen molar-refractivity contribution in [2.75, 3.05) is 6.26 Å². The lowest BCUT2D eigenvalue weighted by atomic mass is 10.1. The van der Waals surface area contributed by atoms with Crippen molar-refractivity contribution in [3.63, 3.8) is 0 Å². The minimum absolute atomic E-state index is 0.124. The van der Waals surface area contributed by atoms with E-state index in [1.807, 2.05) is 6.07 Å². The number of phenolic OH excluding ortho intramolecular Hbond substituents is 1. The first kappa shape index (κ1) is 16.6. The van der Waals surface area contributed by atoms with Gasteiger partial charge in [-0.25, -0.2) is 0 Å². The highest BCUT2D eigenvalue weighted by atomic mass is 32.2. The van der Waals surface area contributed by atoms with Crippen LogP contribution in [0.25, 0.3) is 6.08 Å². The molecule has 3 N–H and O–H groups in total. The molecular weight excluding hydrogens is 312 g/mol. The summed E-state index contributed by atoms with van der Waals surface area (Å²) in [4.78, 5) is 24.3. The largest absolute Gasteiger partial charge is 0.508 e. The molecule has 0 unspecified atom stereocenters. The van der Waals surface area contributed by atoms with Gasteiger partial charge in [0.2, 0.25) is 0 Å². The number of nitrogens with one attached hydrogen (secondary N) is 2. The molecule has 2 amide bonds. The van der Waals surface area contributed by atoms with E-state index in [2.05, 4.69) is 10.0 Å². The summed E-state index contributed by atoms with van der Waals surface area (Å²) in [5.41, 5.74) is 1.27. The van der Waals surface area contributed by atoms with E-state index in [4.69, 9.17) is 0 Å². The number of hydrogen-bond donors (Lipinski definition) is 3. The molecule has 0 spiro atoms. The van der Waals surface area contributed by atoms with Crippen molar-refractivity contribution in [2.24, 2.45) is 0 Å². The van der Waals surface area contributed by atoms with Gasteiger partial charge in [-0.2, -0.15) is 0 Å². The van der Waals surface area contributed by atoms with Crippen molar-refractivity contribution >= 4 is 29.8 Å². The van der Waals surface area contributed by atoms with Crippen molar-refractivity contribution in [3.8, 4) is 5.75 Å². The van der Waals surface area contributed by atoms with E-state index in [0.717, 1.165) is 11.9 Å². The molecule has 0 aliphatic rings. The number of rotatable bonds is 5. The van der Waals surface area contributed by atoms with Gasteiger partial charge < -0.3 is 10.4 Å². The van der Waals surface area contributed by atoms with E-state index in [0.29, 0.717) is 11.1 Å². The molecule has 0 aliphatic heterocycles. The average molecular weight is 328 g/mol. The molecule has 0 fully saturated rings. The van der Waals surface area contributed by atoms with Crippen LogP contribution in [0.5, 0.6) is 5.75 Å². The summed E-state index contributed by atoms with van der Waals surface area (Å²) in [6.45, 7) is 0. The Kier molecular flexibility index (Phi) is 5.82. The van der Waals surface area contributed by atoms with E-state index >= 15 is 0 Å². The lowest BCUT2D eigenvalue weighted by Crippen LogP contribution is -2.32. The molecule has 2 aromatic carbocycles. The first-order valence-corrected chi connectivity index (χ1v) is 8.03. The number of amides is 2. The lowest BCUT2D eigenvalue weighted by molar-refractivity contribution is -0.115. The predicted octanol–water partition coefficient (Wildman–Crippen LogP) is 2.56. The standard InChI is InChI=1S/C17H16N2O3S/c1-23-19-17(22)15(11-12-7-9-14(20)10-8-12)18-16(21)13-5-3-2-4-6-13/h2-11,20H,1H3,(H,18,21)(H,19,22)/b15-11-. The van der Waals surface area contributed by atoms with Crippen molar-refractivity contribution in [1.29, 1.82) is 0 Å². The summed E-state index contributed by atoms with van der Waals surface area (Å²) >= 11 is 1.14. The quantitative estimate of drug-likeness (QED) is 0.582. The van der Waals surface area contributed by atoms with Crippen LogP contribution in [-0.2, 0) is 4.79 Å². The van der Waals surface area contributed by atoms with Crippen LogP contribution in [0.3, 0.4) is 0 Å². The molecule has 2 aromatic rings. The highest BCUT2D eigenvalue weighted by molar-refractivity contribution is 7.97. The number of aromatic hydroxyl groups is 1. The van der Waals surface area contributed by atoms with Gasteiger partial charge in [0.25, 0.3) is 11.8 Å². The second-order valence-electron chi connectivity index (χ2n) is 4.61. The molecule has 0 saturated carbocycles. The maximum Gasteiger partial charge on any atom is 0.277 e. The third-order valence-corrected chi connectivity index (χ3v) is 3.32. The Morgan fingerprint density at radius 3 is 2.30 bits per heavy atom. The van der Waals surface area contributed by atoms with E-state index in [1.54, 1.807) is 48.7 Å². The minimum Gasteiger partial charge on any atom is -0.508 e. The van der Waals surface area contributed by atoms with Gasteiger partial charge in [0, 0.05) is 11.8 Å². The van der Waals surface area contributed by atoms with Crippen molar-refractivity contribution < 1.29 is 14.7 Å². The van der Waals surface area contributed by atoms with Crippen LogP contribution in [-0.4, -0.2) is 23.2 Å². The Hall–Kier alpha value is -2.73. The maximum absolute atomic E-state index is 12.2. The van der Waals surface area contributed by atoms with Gasteiger partial charge >= 0.3 is 0 Å². The summed E-state index contributed by atoms with van der Waals surface area (Å²) in [5, 5.41) is 11.9. The van der Waals surface area contributed by atoms with Crippen LogP contribution < -0.4 is 10.0 Å². The summed E-state index contributed by atoms with van der Waals surface area (Å²) in [6, 6.07) is 15.0. The van der Waals surface area contributed by atoms with Gasteiger partial charge in [0.15, 0.2) is 0 Å². The number of carbonyl (C=O) groups excluding carboxylic acids is 2. The van der Waals surface area contributed by atoms with Gasteiger partial charge in [-0.15, -0.1) is 0 Å². The fourth-order valence-corrected chi connectivity index (χ4v) is 2.12. The van der Waals surface area contributed by atoms with E-state index in [1.165, 1.54) is 12.1 Å². The topological polar surface area (TPSA) is 78.4 Å². The smallest absolute Gasteiger partial charge is 0.277 e. The first-order chi connectivity index (χ1) is 11.1. The Bertz CT molecular complexity index is 712. The van der Waals surface area contributed by atoms with E-state index < -0.39 is 5.91 Å². The van der Waals surface area contributed by atoms with Crippen LogP contribution in [0.15, 0.2) is 60.3 Å². The van der Waals surface area contributed by atoms with Crippen molar-refractivity contribution in [2.45, 2.75) is 0 Å². The highest BCUT2D eigenvalue weighted by Crippen LogP contribution is 2.13. The second-order valence-corrected chi connectivity index (χ2v) is 5.22. The molecule has 0 heterocycles. The van der Waals surface area contributed by atoms with Crippen LogP contribution in [0.2, 0.25) is 0 Å². The highest BCUT2D eigenvalue weighted by Gasteiger charge is 2.14. The Balaban J connectivity index is 2.25. The summed E-state index contributed by atoms with van der Waals surface area (Å²) in [7, 11) is 0. The zero-order valence-electron chi connectivity index (χ0n) is 12.4. The van der Waals surface area contributed by atoms with Gasteiger partial charge in [-0.3, -0.25) is 14.3 Å². The molecule has 6 heteroatoms. The summed E-state index contributed by atoms with van der Waals surface area (Å²) in [6.07, 6.45) is 3.26. The SMILES string of the molecule is CSNC(=O)/C(=C/c1ccc(O)cc1)NC(=O)c1ccccc1. The second kappa shape index (κ2) is 8.05. The third kappa shape index (κ3) is 4.89. The Morgan fingerprint density at radius 1 is 1.04 bits per heavy atom. The third-order valence-electron chi connectivity index (χ3n) is 2.93. The Labute approximate surface area is 138 Å². The molecule has 0 saturated heterocycles. The number of carbonyl (C=O) groups is 2. The van der Waals surface area contributed by atoms with Crippen LogP contribution in [0.4, 0.5) is 0 Å². The molecule has 23 heavy (non-hydrogen) atoms. The van der Waals surface area contributed by atoms with Gasteiger partial charge in [-0.1, -0.05) is 42.3 Å². The van der Waals surface area contributed by atoms with Crippen LogP contribution >= 0.6 is 11.9 Å². The fourth-order valence-electron chi connectivity index (χ4n) is 1.83. The van der Waals surface area contributed by atoms with E-state index in [-0.39, 0.29) is 17.4 Å². The van der Waals surface area contributed by atoms with Crippen molar-refractivity contribution in [3.05, 3.63) is 71.4 Å². The molecule has 0 aliphatic carbocycles. The van der Waals surface area contributed by atoms with Crippen LogP contribution in [0, 0.1) is 0 Å². The normalized spacial score (nSPS) is 10.9. The molecular formula is C17H16N2O3S. The zero-order valence-corrected chi connectivity index (χ0v) is 13.3. The molecule has 2 rings (SSSR count). The maximum atomic E-state index is 12.2. The lowest BCUT2D eigenvalue weighted by Gasteiger charge is -2.10. The molecule has 5 nitrogen and oxygen atoms in total. The van der Waals surface area contributed by atoms with Crippen molar-refractivity contribution in [1.82, 2.24) is 10.0 Å². The number of benzene rings is 2. The average Bonchev–Trinajstić information content (AvgIpc) is 2.57. The molecule has 0 radical (unpaired) electrons. The molecule has 0 bridgehead atoms. The Morgan fingerprint density at radius 2 is 1.70 bits per heavy atom. The predicted molar refractivity (Wildman–Crippen MR) is 91.6 cm³/mol.